The van der Waals surface area contributed by atoms with Gasteiger partial charge in [0, 0.05) is 39.8 Å². The lowest BCUT2D eigenvalue weighted by molar-refractivity contribution is -0.147. The third-order valence-corrected chi connectivity index (χ3v) is 3.28. The van der Waals surface area contributed by atoms with Crippen LogP contribution in [0.2, 0.25) is 0 Å². The van der Waals surface area contributed by atoms with Gasteiger partial charge in [-0.05, 0) is 31.5 Å². The maximum absolute atomic E-state index is 11.9. The number of esters is 1. The zero-order chi connectivity index (χ0) is 18.8. The number of benzene rings is 1. The fourth-order valence-electron chi connectivity index (χ4n) is 2.03. The third kappa shape index (κ3) is 9.02. The topological polar surface area (TPSA) is 83.0 Å². The molecule has 0 saturated heterocycles. The van der Waals surface area contributed by atoms with Crippen LogP contribution < -0.4 is 10.6 Å². The zero-order valence-electron chi connectivity index (χ0n) is 16.0. The van der Waals surface area contributed by atoms with Crippen LogP contribution in [0.25, 0.3) is 0 Å². The van der Waals surface area contributed by atoms with Crippen molar-refractivity contribution in [1.29, 1.82) is 0 Å². The smallest absolute Gasteiger partial charge is 0.307 e. The summed E-state index contributed by atoms with van der Waals surface area (Å²) < 4.78 is 5.07. The molecule has 0 radical (unpaired) electrons. The molecular formula is C18H29IN4O3. The summed E-state index contributed by atoms with van der Waals surface area (Å²) in [5, 5.41) is 6.23. The molecule has 0 aliphatic rings. The highest BCUT2D eigenvalue weighted by molar-refractivity contribution is 14.0. The predicted octanol–water partition coefficient (Wildman–Crippen LogP) is 2.01. The number of hydrogen-bond acceptors (Lipinski definition) is 4. The molecule has 0 unspecified atom stereocenters. The zero-order valence-corrected chi connectivity index (χ0v) is 18.4. The molecule has 1 rings (SSSR count). The number of carbonyl (C=O) groups excluding carboxylic acids is 2. The molecule has 0 saturated carbocycles. The van der Waals surface area contributed by atoms with E-state index in [4.69, 9.17) is 4.74 Å². The summed E-state index contributed by atoms with van der Waals surface area (Å²) in [5.41, 5.74) is 1.68. The highest BCUT2D eigenvalue weighted by atomic mass is 127. The van der Waals surface area contributed by atoms with Gasteiger partial charge in [0.25, 0.3) is 5.91 Å². The van der Waals surface area contributed by atoms with Crippen molar-refractivity contribution in [3.05, 3.63) is 35.4 Å². The number of nitrogens with one attached hydrogen (secondary N) is 2. The summed E-state index contributed by atoms with van der Waals surface area (Å²) in [6.45, 7) is 4.65. The molecule has 1 aromatic carbocycles. The van der Waals surface area contributed by atoms with Crippen molar-refractivity contribution in [3.8, 4) is 0 Å². The molecule has 0 heterocycles. The highest BCUT2D eigenvalue weighted by Gasteiger charge is 2.08. The molecule has 0 aliphatic heterocycles. The van der Waals surface area contributed by atoms with E-state index < -0.39 is 0 Å². The van der Waals surface area contributed by atoms with Gasteiger partial charge in [-0.1, -0.05) is 12.1 Å². The van der Waals surface area contributed by atoms with Gasteiger partial charge in [-0.15, -0.1) is 24.0 Å². The van der Waals surface area contributed by atoms with Crippen LogP contribution in [0, 0.1) is 0 Å². The number of aliphatic imine (C=N–C) groups is 1. The molecule has 0 bridgehead atoms. The predicted molar refractivity (Wildman–Crippen MR) is 114 cm³/mol. The van der Waals surface area contributed by atoms with Crippen LogP contribution in [-0.4, -0.2) is 56.5 Å². The largest absolute Gasteiger partial charge is 0.463 e. The standard InChI is InChI=1S/C18H28N4O3.HI/c1-13(2)25-16(23)10-11-20-18(19-3)21-12-14-6-8-15(9-7-14)17(24)22(4)5;/h6-9,13H,10-12H2,1-5H3,(H2,19,20,21);1H. The first-order valence-corrected chi connectivity index (χ1v) is 8.28. The number of carbonyl (C=O) groups is 2. The number of hydrogen-bond donors (Lipinski definition) is 2. The Morgan fingerprint density at radius 3 is 2.27 bits per heavy atom. The maximum Gasteiger partial charge on any atom is 0.307 e. The fourth-order valence-corrected chi connectivity index (χ4v) is 2.03. The number of halogens is 1. The summed E-state index contributed by atoms with van der Waals surface area (Å²) in [6, 6.07) is 7.41. The van der Waals surface area contributed by atoms with E-state index in [1.807, 2.05) is 26.0 Å². The van der Waals surface area contributed by atoms with E-state index in [2.05, 4.69) is 15.6 Å². The van der Waals surface area contributed by atoms with E-state index >= 15 is 0 Å². The second kappa shape index (κ2) is 12.5. The van der Waals surface area contributed by atoms with Gasteiger partial charge in [0.05, 0.1) is 12.5 Å². The van der Waals surface area contributed by atoms with Crippen molar-refractivity contribution in [2.75, 3.05) is 27.7 Å². The minimum Gasteiger partial charge on any atom is -0.463 e. The number of nitrogens with zero attached hydrogens (tertiary/aromatic N) is 2. The van der Waals surface area contributed by atoms with Gasteiger partial charge < -0.3 is 20.3 Å². The van der Waals surface area contributed by atoms with E-state index in [1.54, 1.807) is 38.2 Å². The lowest BCUT2D eigenvalue weighted by Crippen LogP contribution is -2.38. The fraction of sp³-hybridized carbons (Fsp3) is 0.500. The summed E-state index contributed by atoms with van der Waals surface area (Å²) in [6.07, 6.45) is 0.174. The Hall–Kier alpha value is -1.84. The van der Waals surface area contributed by atoms with Gasteiger partial charge in [-0.25, -0.2) is 0 Å². The lowest BCUT2D eigenvalue weighted by atomic mass is 10.1. The normalized spacial score (nSPS) is 10.8. The van der Waals surface area contributed by atoms with Crippen LogP contribution in [-0.2, 0) is 16.1 Å². The SMILES string of the molecule is CN=C(NCCC(=O)OC(C)C)NCc1ccc(C(=O)N(C)C)cc1.I. The number of guanidine groups is 1. The number of ether oxygens (including phenoxy) is 1. The molecule has 26 heavy (non-hydrogen) atoms. The molecule has 8 heteroatoms. The Balaban J connectivity index is 0.00000625. The Bertz CT molecular complexity index is 601. The molecule has 0 spiro atoms. The van der Waals surface area contributed by atoms with Gasteiger partial charge in [-0.3, -0.25) is 14.6 Å². The molecule has 0 aliphatic carbocycles. The van der Waals surface area contributed by atoms with Gasteiger partial charge in [0.2, 0.25) is 0 Å². The number of rotatable bonds is 7. The molecule has 1 aromatic rings. The average Bonchev–Trinajstić information content (AvgIpc) is 2.57. The van der Waals surface area contributed by atoms with Crippen LogP contribution in [0.4, 0.5) is 0 Å². The Labute approximate surface area is 172 Å². The minimum atomic E-state index is -0.237. The van der Waals surface area contributed by atoms with E-state index in [-0.39, 0.29) is 48.4 Å². The first-order chi connectivity index (χ1) is 11.8. The van der Waals surface area contributed by atoms with Crippen LogP contribution in [0.15, 0.2) is 29.3 Å². The average molecular weight is 476 g/mol. The summed E-state index contributed by atoms with van der Waals surface area (Å²) in [5.74, 6) is 0.343. The molecule has 1 amide bonds. The quantitative estimate of drug-likeness (QED) is 0.272. The van der Waals surface area contributed by atoms with Crippen molar-refractivity contribution in [2.24, 2.45) is 4.99 Å². The Morgan fingerprint density at radius 1 is 1.15 bits per heavy atom. The first-order valence-electron chi connectivity index (χ1n) is 8.28. The van der Waals surface area contributed by atoms with Crippen LogP contribution in [0.3, 0.4) is 0 Å². The molecule has 0 fully saturated rings. The minimum absolute atomic E-state index is 0. The van der Waals surface area contributed by atoms with Crippen molar-refractivity contribution >= 4 is 41.8 Å². The lowest BCUT2D eigenvalue weighted by Gasteiger charge is -2.13. The van der Waals surface area contributed by atoms with E-state index in [1.165, 1.54) is 0 Å². The molecule has 0 aromatic heterocycles. The Morgan fingerprint density at radius 2 is 1.77 bits per heavy atom. The van der Waals surface area contributed by atoms with Crippen LogP contribution in [0.1, 0.15) is 36.2 Å². The second-order valence-electron chi connectivity index (χ2n) is 6.04. The molecule has 146 valence electrons. The van der Waals surface area contributed by atoms with Gasteiger partial charge in [0.1, 0.15) is 0 Å². The summed E-state index contributed by atoms with van der Waals surface area (Å²) >= 11 is 0. The maximum atomic E-state index is 11.9. The Kier molecular flexibility index (Phi) is 11.6. The van der Waals surface area contributed by atoms with Crippen molar-refractivity contribution in [3.63, 3.8) is 0 Å². The molecule has 7 nitrogen and oxygen atoms in total. The second-order valence-corrected chi connectivity index (χ2v) is 6.04. The first kappa shape index (κ1) is 24.2. The van der Waals surface area contributed by atoms with Crippen LogP contribution in [0.5, 0.6) is 0 Å². The van der Waals surface area contributed by atoms with Crippen molar-refractivity contribution in [1.82, 2.24) is 15.5 Å². The van der Waals surface area contributed by atoms with Crippen LogP contribution >= 0.6 is 24.0 Å². The molecule has 0 atom stereocenters. The van der Waals surface area contributed by atoms with Gasteiger partial charge in [0.15, 0.2) is 5.96 Å². The molecular weight excluding hydrogens is 447 g/mol. The van der Waals surface area contributed by atoms with E-state index in [0.717, 1.165) is 5.56 Å². The highest BCUT2D eigenvalue weighted by Crippen LogP contribution is 2.06. The molecule has 2 N–H and O–H groups in total. The summed E-state index contributed by atoms with van der Waals surface area (Å²) in [7, 11) is 5.12. The number of amides is 1. The van der Waals surface area contributed by atoms with E-state index in [0.29, 0.717) is 24.6 Å². The van der Waals surface area contributed by atoms with Crippen molar-refractivity contribution in [2.45, 2.75) is 32.9 Å². The third-order valence-electron chi connectivity index (χ3n) is 3.28. The van der Waals surface area contributed by atoms with Gasteiger partial charge >= 0.3 is 5.97 Å². The van der Waals surface area contributed by atoms with Gasteiger partial charge in [-0.2, -0.15) is 0 Å². The monoisotopic (exact) mass is 476 g/mol. The van der Waals surface area contributed by atoms with E-state index in [9.17, 15) is 9.59 Å². The van der Waals surface area contributed by atoms with Crippen molar-refractivity contribution < 1.29 is 14.3 Å². The summed E-state index contributed by atoms with van der Waals surface area (Å²) in [4.78, 5) is 29.0.